The Balaban J connectivity index is 2.26. The van der Waals surface area contributed by atoms with Crippen LogP contribution in [0.3, 0.4) is 0 Å². The van der Waals surface area contributed by atoms with E-state index in [-0.39, 0.29) is 6.03 Å². The van der Waals surface area contributed by atoms with Crippen LogP contribution in [0, 0.1) is 0 Å². The van der Waals surface area contributed by atoms with Crippen molar-refractivity contribution in [2.24, 2.45) is 0 Å². The highest BCUT2D eigenvalue weighted by atomic mass is 16.2. The van der Waals surface area contributed by atoms with Crippen molar-refractivity contribution in [3.8, 4) is 0 Å². The molecular weight excluding hydrogens is 250 g/mol. The van der Waals surface area contributed by atoms with Crippen LogP contribution in [-0.4, -0.2) is 25.7 Å². The van der Waals surface area contributed by atoms with Gasteiger partial charge in [-0.2, -0.15) is 0 Å². The van der Waals surface area contributed by atoms with Gasteiger partial charge in [0.1, 0.15) is 0 Å². The Morgan fingerprint density at radius 3 is 2.90 bits per heavy atom. The van der Waals surface area contributed by atoms with Gasteiger partial charge in [0.2, 0.25) is 0 Å². The van der Waals surface area contributed by atoms with Crippen LogP contribution >= 0.6 is 0 Å². The second-order valence-electron chi connectivity index (χ2n) is 5.19. The molecule has 1 aromatic rings. The molecule has 0 spiro atoms. The van der Waals surface area contributed by atoms with Gasteiger partial charge < -0.3 is 10.6 Å². The minimum atomic E-state index is 0.0245. The van der Waals surface area contributed by atoms with Gasteiger partial charge in [-0.15, -0.1) is 0 Å². The topological polar surface area (TPSA) is 44.4 Å². The summed E-state index contributed by atoms with van der Waals surface area (Å²) < 4.78 is 0. The molecule has 2 N–H and O–H groups in total. The molecule has 4 heteroatoms. The molecule has 1 aliphatic rings. The molecule has 2 rings (SSSR count). The van der Waals surface area contributed by atoms with Gasteiger partial charge in [-0.25, -0.2) is 4.79 Å². The van der Waals surface area contributed by atoms with Crippen LogP contribution in [0.5, 0.6) is 0 Å². The number of hydrogen-bond acceptors (Lipinski definition) is 2. The largest absolute Gasteiger partial charge is 0.338 e. The number of hydrogen-bond donors (Lipinski definition) is 2. The zero-order valence-electron chi connectivity index (χ0n) is 12.5. The number of anilines is 1. The number of benzene rings is 1. The molecule has 1 aliphatic heterocycles. The Labute approximate surface area is 121 Å². The number of para-hydroxylation sites is 1. The summed E-state index contributed by atoms with van der Waals surface area (Å²) in [7, 11) is 0. The van der Waals surface area contributed by atoms with Crippen LogP contribution in [0.4, 0.5) is 10.5 Å². The highest BCUT2D eigenvalue weighted by molar-refractivity contribution is 5.93. The SMILES string of the molecule is CCCNC(=O)N1CCCC(NCC)c2ccccc21. The molecule has 1 aromatic carbocycles. The number of rotatable bonds is 4. The average Bonchev–Trinajstić information content (AvgIpc) is 2.65. The lowest BCUT2D eigenvalue weighted by Gasteiger charge is -2.24. The van der Waals surface area contributed by atoms with E-state index in [2.05, 4.69) is 42.7 Å². The van der Waals surface area contributed by atoms with E-state index < -0.39 is 0 Å². The molecular formula is C16H25N3O. The van der Waals surface area contributed by atoms with Crippen LogP contribution in [0.1, 0.15) is 44.7 Å². The predicted octanol–water partition coefficient (Wildman–Crippen LogP) is 3.06. The summed E-state index contributed by atoms with van der Waals surface area (Å²) in [5, 5.41) is 6.51. The fraction of sp³-hybridized carbons (Fsp3) is 0.562. The van der Waals surface area contributed by atoms with Gasteiger partial charge in [-0.1, -0.05) is 32.0 Å². The maximum atomic E-state index is 12.3. The van der Waals surface area contributed by atoms with Crippen LogP contribution in [0.2, 0.25) is 0 Å². The van der Waals surface area contributed by atoms with Crippen molar-refractivity contribution in [2.75, 3.05) is 24.5 Å². The lowest BCUT2D eigenvalue weighted by Crippen LogP contribution is -2.41. The molecule has 0 bridgehead atoms. The van der Waals surface area contributed by atoms with E-state index in [0.29, 0.717) is 6.04 Å². The summed E-state index contributed by atoms with van der Waals surface area (Å²) in [4.78, 5) is 14.2. The fourth-order valence-corrected chi connectivity index (χ4v) is 2.75. The van der Waals surface area contributed by atoms with E-state index in [9.17, 15) is 4.79 Å². The van der Waals surface area contributed by atoms with Crippen LogP contribution < -0.4 is 15.5 Å². The van der Waals surface area contributed by atoms with Gasteiger partial charge in [-0.3, -0.25) is 4.90 Å². The monoisotopic (exact) mass is 275 g/mol. The Morgan fingerprint density at radius 1 is 1.35 bits per heavy atom. The predicted molar refractivity (Wildman–Crippen MR) is 83.1 cm³/mol. The van der Waals surface area contributed by atoms with E-state index in [1.54, 1.807) is 0 Å². The molecule has 0 fully saturated rings. The first-order valence-corrected chi connectivity index (χ1v) is 7.65. The Kier molecular flexibility index (Phi) is 5.41. The molecule has 1 atom stereocenters. The summed E-state index contributed by atoms with van der Waals surface area (Å²) in [6.45, 7) is 6.65. The third-order valence-corrected chi connectivity index (χ3v) is 3.70. The minimum absolute atomic E-state index is 0.0245. The molecule has 0 saturated carbocycles. The average molecular weight is 275 g/mol. The first kappa shape index (κ1) is 14.9. The van der Waals surface area contributed by atoms with Crippen LogP contribution in [0.25, 0.3) is 0 Å². The van der Waals surface area contributed by atoms with Crippen LogP contribution in [0.15, 0.2) is 24.3 Å². The lowest BCUT2D eigenvalue weighted by atomic mass is 10.0. The lowest BCUT2D eigenvalue weighted by molar-refractivity contribution is 0.246. The highest BCUT2D eigenvalue weighted by Crippen LogP contribution is 2.32. The first-order valence-electron chi connectivity index (χ1n) is 7.65. The standard InChI is InChI=1S/C16H25N3O/c1-3-11-18-16(20)19-12-7-9-14(17-4-2)13-8-5-6-10-15(13)19/h5-6,8,10,14,17H,3-4,7,9,11-12H2,1-2H3,(H,18,20). The summed E-state index contributed by atoms with van der Waals surface area (Å²) in [5.74, 6) is 0. The van der Waals surface area contributed by atoms with Gasteiger partial charge in [0.25, 0.3) is 0 Å². The van der Waals surface area contributed by atoms with Crippen molar-refractivity contribution >= 4 is 11.7 Å². The molecule has 0 saturated heterocycles. The van der Waals surface area contributed by atoms with Crippen molar-refractivity contribution in [1.82, 2.24) is 10.6 Å². The number of fused-ring (bicyclic) bond motifs is 1. The summed E-state index contributed by atoms with van der Waals surface area (Å²) >= 11 is 0. The quantitative estimate of drug-likeness (QED) is 0.887. The minimum Gasteiger partial charge on any atom is -0.338 e. The number of nitrogens with zero attached hydrogens (tertiary/aromatic N) is 1. The number of urea groups is 1. The molecule has 0 aliphatic carbocycles. The maximum Gasteiger partial charge on any atom is 0.321 e. The molecule has 1 heterocycles. The Hall–Kier alpha value is -1.55. The maximum absolute atomic E-state index is 12.3. The number of carbonyl (C=O) groups is 1. The summed E-state index contributed by atoms with van der Waals surface area (Å²) in [6.07, 6.45) is 3.05. The normalized spacial score (nSPS) is 18.3. The van der Waals surface area contributed by atoms with Gasteiger partial charge in [0.05, 0.1) is 5.69 Å². The molecule has 20 heavy (non-hydrogen) atoms. The second kappa shape index (κ2) is 7.29. The Morgan fingerprint density at radius 2 is 2.15 bits per heavy atom. The smallest absolute Gasteiger partial charge is 0.321 e. The van der Waals surface area contributed by atoms with Crippen molar-refractivity contribution in [2.45, 2.75) is 39.2 Å². The highest BCUT2D eigenvalue weighted by Gasteiger charge is 2.25. The summed E-state index contributed by atoms with van der Waals surface area (Å²) in [6, 6.07) is 8.62. The first-order chi connectivity index (χ1) is 9.77. The van der Waals surface area contributed by atoms with E-state index in [4.69, 9.17) is 0 Å². The summed E-state index contributed by atoms with van der Waals surface area (Å²) in [5.41, 5.74) is 2.28. The molecule has 0 radical (unpaired) electrons. The van der Waals surface area contributed by atoms with Gasteiger partial charge in [0, 0.05) is 19.1 Å². The van der Waals surface area contributed by atoms with Crippen molar-refractivity contribution in [3.05, 3.63) is 29.8 Å². The van der Waals surface area contributed by atoms with Crippen molar-refractivity contribution in [1.29, 1.82) is 0 Å². The zero-order chi connectivity index (χ0) is 14.4. The Bertz CT molecular complexity index is 447. The number of carbonyl (C=O) groups excluding carboxylic acids is 1. The number of nitrogens with one attached hydrogen (secondary N) is 2. The second-order valence-corrected chi connectivity index (χ2v) is 5.19. The van der Waals surface area contributed by atoms with E-state index in [1.807, 2.05) is 11.0 Å². The number of amides is 2. The zero-order valence-corrected chi connectivity index (χ0v) is 12.5. The molecule has 110 valence electrons. The fourth-order valence-electron chi connectivity index (χ4n) is 2.75. The van der Waals surface area contributed by atoms with Crippen LogP contribution in [-0.2, 0) is 0 Å². The van der Waals surface area contributed by atoms with Gasteiger partial charge in [0.15, 0.2) is 0 Å². The molecule has 1 unspecified atom stereocenters. The van der Waals surface area contributed by atoms with E-state index in [0.717, 1.165) is 44.6 Å². The van der Waals surface area contributed by atoms with E-state index >= 15 is 0 Å². The molecule has 4 nitrogen and oxygen atoms in total. The molecule has 2 amide bonds. The third kappa shape index (κ3) is 3.31. The van der Waals surface area contributed by atoms with Crippen molar-refractivity contribution < 1.29 is 4.79 Å². The molecule has 0 aromatic heterocycles. The van der Waals surface area contributed by atoms with Gasteiger partial charge >= 0.3 is 6.03 Å². The van der Waals surface area contributed by atoms with Crippen molar-refractivity contribution in [3.63, 3.8) is 0 Å². The van der Waals surface area contributed by atoms with E-state index in [1.165, 1.54) is 5.56 Å². The van der Waals surface area contributed by atoms with Gasteiger partial charge in [-0.05, 0) is 37.4 Å². The third-order valence-electron chi connectivity index (χ3n) is 3.70.